The SMILES string of the molecule is Cc1ccc2c(c1)COc1ccccc1CN=C(NC(=O)OC(C)(C)C)NC(=O)N(CCCCCCCCN=C(NC(=O)OC(C)(C)C)NC(=O)OC(C)(C)C)CCC2. The van der Waals surface area contributed by atoms with Crippen LogP contribution in [0.5, 0.6) is 5.75 Å². The van der Waals surface area contributed by atoms with Crippen molar-refractivity contribution in [1.82, 2.24) is 26.2 Å². The molecular weight excluding hydrogens is 755 g/mol. The zero-order valence-corrected chi connectivity index (χ0v) is 36.8. The maximum atomic E-state index is 13.9. The normalized spacial score (nSPS) is 14.0. The highest BCUT2D eigenvalue weighted by Gasteiger charge is 2.23. The average Bonchev–Trinajstić information content (AvgIpc) is 3.09. The second-order valence-corrected chi connectivity index (χ2v) is 17.6. The Labute approximate surface area is 350 Å². The van der Waals surface area contributed by atoms with E-state index in [0.717, 1.165) is 68.1 Å². The number of unbranched alkanes of at least 4 members (excludes halogenated alkanes) is 5. The number of benzene rings is 2. The minimum Gasteiger partial charge on any atom is -0.489 e. The van der Waals surface area contributed by atoms with Gasteiger partial charge >= 0.3 is 24.3 Å². The molecule has 0 saturated carbocycles. The number of rotatable bonds is 9. The Bertz CT molecular complexity index is 1740. The fourth-order valence-corrected chi connectivity index (χ4v) is 5.92. The molecule has 0 spiro atoms. The van der Waals surface area contributed by atoms with Crippen molar-refractivity contribution in [2.75, 3.05) is 19.6 Å². The number of urea groups is 1. The topological polar surface area (TPSA) is 181 Å². The first kappa shape index (κ1) is 48.0. The molecule has 0 radical (unpaired) electrons. The lowest BCUT2D eigenvalue weighted by Gasteiger charge is -2.25. The molecule has 3 rings (SSSR count). The number of para-hydroxylation sites is 1. The summed E-state index contributed by atoms with van der Waals surface area (Å²) in [5.74, 6) is 0.628. The molecule has 1 aliphatic heterocycles. The van der Waals surface area contributed by atoms with Crippen molar-refractivity contribution in [2.45, 2.75) is 151 Å². The number of guanidine groups is 2. The third-order valence-corrected chi connectivity index (χ3v) is 8.48. The third-order valence-electron chi connectivity index (χ3n) is 8.48. The molecule has 2 aromatic rings. The van der Waals surface area contributed by atoms with Crippen molar-refractivity contribution < 1.29 is 38.1 Å². The molecule has 15 nitrogen and oxygen atoms in total. The molecule has 59 heavy (non-hydrogen) atoms. The highest BCUT2D eigenvalue weighted by atomic mass is 16.6. The van der Waals surface area contributed by atoms with Crippen molar-refractivity contribution >= 4 is 36.2 Å². The monoisotopic (exact) mass is 822 g/mol. The second-order valence-electron chi connectivity index (χ2n) is 17.6. The van der Waals surface area contributed by atoms with Crippen molar-refractivity contribution in [3.8, 4) is 5.75 Å². The molecule has 0 atom stereocenters. The average molecular weight is 822 g/mol. The molecule has 0 bridgehead atoms. The van der Waals surface area contributed by atoms with Gasteiger partial charge in [-0.15, -0.1) is 0 Å². The van der Waals surface area contributed by atoms with Crippen LogP contribution >= 0.6 is 0 Å². The molecule has 326 valence electrons. The van der Waals surface area contributed by atoms with Crippen LogP contribution in [0.3, 0.4) is 0 Å². The van der Waals surface area contributed by atoms with Crippen molar-refractivity contribution in [3.63, 3.8) is 0 Å². The van der Waals surface area contributed by atoms with Crippen LogP contribution in [0.2, 0.25) is 0 Å². The van der Waals surface area contributed by atoms with Gasteiger partial charge in [0, 0.05) is 25.2 Å². The zero-order chi connectivity index (χ0) is 43.6. The van der Waals surface area contributed by atoms with Crippen LogP contribution in [0.4, 0.5) is 19.2 Å². The quantitative estimate of drug-likeness (QED) is 0.0839. The smallest absolute Gasteiger partial charge is 0.414 e. The van der Waals surface area contributed by atoms with E-state index in [1.807, 2.05) is 24.3 Å². The van der Waals surface area contributed by atoms with E-state index < -0.39 is 35.1 Å². The summed E-state index contributed by atoms with van der Waals surface area (Å²) in [5.41, 5.74) is 2.02. The summed E-state index contributed by atoms with van der Waals surface area (Å²) in [6, 6.07) is 13.6. The van der Waals surface area contributed by atoms with Gasteiger partial charge in [0.15, 0.2) is 0 Å². The lowest BCUT2D eigenvalue weighted by Crippen LogP contribution is -2.50. The summed E-state index contributed by atoms with van der Waals surface area (Å²) in [6.45, 7) is 19.7. The molecule has 1 aliphatic rings. The lowest BCUT2D eigenvalue weighted by molar-refractivity contribution is 0.0534. The van der Waals surface area contributed by atoms with E-state index in [4.69, 9.17) is 18.9 Å². The van der Waals surface area contributed by atoms with Gasteiger partial charge in [-0.2, -0.15) is 0 Å². The van der Waals surface area contributed by atoms with Gasteiger partial charge < -0.3 is 23.8 Å². The van der Waals surface area contributed by atoms with Gasteiger partial charge in [0.25, 0.3) is 0 Å². The molecule has 0 aliphatic carbocycles. The number of fused-ring (bicyclic) bond motifs is 2. The van der Waals surface area contributed by atoms with Crippen molar-refractivity contribution in [1.29, 1.82) is 0 Å². The summed E-state index contributed by atoms with van der Waals surface area (Å²) in [4.78, 5) is 62.2. The standard InChI is InChI=1S/C44H67N7O8/c1-31-23-24-32-21-19-27-51(26-18-14-12-11-13-17-25-45-36(48-39(53)57-42(2,3)4)49-40(54)58-43(5,6)7)38(52)47-37(50-41(55)59-44(8,9)10)46-29-33-20-15-16-22-35(33)56-30-34(32)28-31/h15-16,20,22-24,28H,11-14,17-19,21,25-27,29-30H2,1-10H3,(H2,45,48,49,53,54)(H2,46,47,50,52,55). The summed E-state index contributed by atoms with van der Waals surface area (Å²) < 4.78 is 22.4. The highest BCUT2D eigenvalue weighted by Crippen LogP contribution is 2.23. The Morgan fingerprint density at radius 1 is 0.780 bits per heavy atom. The van der Waals surface area contributed by atoms with Gasteiger partial charge in [0.1, 0.15) is 29.2 Å². The van der Waals surface area contributed by atoms with Crippen LogP contribution < -0.4 is 26.0 Å². The number of nitrogens with zero attached hydrogens (tertiary/aromatic N) is 3. The van der Waals surface area contributed by atoms with Crippen LogP contribution in [0.1, 0.15) is 130 Å². The molecule has 0 unspecified atom stereocenters. The number of carbonyl (C=O) groups excluding carboxylic acids is 4. The van der Waals surface area contributed by atoms with Gasteiger partial charge in [-0.05, 0) is 112 Å². The number of ether oxygens (including phenoxy) is 4. The number of aliphatic imine (C=N–C) groups is 2. The highest BCUT2D eigenvalue weighted by molar-refractivity contribution is 6.03. The number of alkyl carbamates (subject to hydrolysis) is 3. The Morgan fingerprint density at radius 2 is 1.37 bits per heavy atom. The molecule has 1 heterocycles. The predicted molar refractivity (Wildman–Crippen MR) is 230 cm³/mol. The van der Waals surface area contributed by atoms with Gasteiger partial charge in [-0.3, -0.25) is 26.3 Å². The number of aryl methyl sites for hydroxylation is 2. The summed E-state index contributed by atoms with van der Waals surface area (Å²) in [7, 11) is 0. The number of nitrogens with one attached hydrogen (secondary N) is 4. The first-order valence-corrected chi connectivity index (χ1v) is 20.6. The first-order chi connectivity index (χ1) is 27.7. The zero-order valence-electron chi connectivity index (χ0n) is 36.8. The Morgan fingerprint density at radius 3 is 2.02 bits per heavy atom. The summed E-state index contributed by atoms with van der Waals surface area (Å²) in [5, 5.41) is 10.5. The van der Waals surface area contributed by atoms with Gasteiger partial charge in [0.2, 0.25) is 11.9 Å². The van der Waals surface area contributed by atoms with Gasteiger partial charge in [-0.25, -0.2) is 24.2 Å². The number of amides is 5. The van der Waals surface area contributed by atoms with Crippen LogP contribution in [-0.4, -0.2) is 77.6 Å². The van der Waals surface area contributed by atoms with E-state index in [2.05, 4.69) is 56.4 Å². The van der Waals surface area contributed by atoms with Crippen LogP contribution in [0, 0.1) is 6.92 Å². The number of hydrogen-bond acceptors (Lipinski definition) is 10. The minimum atomic E-state index is -0.748. The molecule has 5 amide bonds. The maximum Gasteiger partial charge on any atom is 0.414 e. The number of hydrogen-bond donors (Lipinski definition) is 4. The van der Waals surface area contributed by atoms with Crippen LogP contribution in [0.25, 0.3) is 0 Å². The van der Waals surface area contributed by atoms with Crippen LogP contribution in [-0.2, 0) is 33.8 Å². The third kappa shape index (κ3) is 20.3. The van der Waals surface area contributed by atoms with Gasteiger partial charge in [-0.1, -0.05) is 67.6 Å². The van der Waals surface area contributed by atoms with E-state index in [1.54, 1.807) is 67.2 Å². The second kappa shape index (κ2) is 22.7. The van der Waals surface area contributed by atoms with Crippen molar-refractivity contribution in [2.24, 2.45) is 9.98 Å². The Kier molecular flexibility index (Phi) is 18.5. The molecule has 2 aromatic carbocycles. The van der Waals surface area contributed by atoms with E-state index >= 15 is 0 Å². The lowest BCUT2D eigenvalue weighted by atomic mass is 10.0. The molecule has 0 saturated heterocycles. The molecular formula is C44H67N7O8. The largest absolute Gasteiger partial charge is 0.489 e. The summed E-state index contributed by atoms with van der Waals surface area (Å²) >= 11 is 0. The van der Waals surface area contributed by atoms with Crippen LogP contribution in [0.15, 0.2) is 52.4 Å². The maximum absolute atomic E-state index is 13.9. The van der Waals surface area contributed by atoms with Gasteiger partial charge in [0.05, 0.1) is 6.54 Å². The fourth-order valence-electron chi connectivity index (χ4n) is 5.92. The van der Waals surface area contributed by atoms with Crippen molar-refractivity contribution in [3.05, 3.63) is 64.7 Å². The minimum absolute atomic E-state index is 0.00811. The number of carbonyl (C=O) groups is 4. The fraction of sp³-hybridized carbons (Fsp3) is 0.591. The Balaban J connectivity index is 1.64. The van der Waals surface area contributed by atoms with E-state index in [1.165, 1.54) is 5.56 Å². The summed E-state index contributed by atoms with van der Waals surface area (Å²) in [6.07, 6.45) is 4.44. The van der Waals surface area contributed by atoms with E-state index in [9.17, 15) is 19.2 Å². The molecule has 0 aromatic heterocycles. The Hall–Kier alpha value is -5.34. The van der Waals surface area contributed by atoms with E-state index in [0.29, 0.717) is 32.0 Å². The first-order valence-electron chi connectivity index (χ1n) is 20.6. The molecule has 0 fully saturated rings. The predicted octanol–water partition coefficient (Wildman–Crippen LogP) is 8.66. The molecule has 4 N–H and O–H groups in total. The van der Waals surface area contributed by atoms with E-state index in [-0.39, 0.29) is 24.5 Å². The molecule has 15 heteroatoms.